The van der Waals surface area contributed by atoms with Crippen LogP contribution in [0.1, 0.15) is 53.6 Å². The summed E-state index contributed by atoms with van der Waals surface area (Å²) in [5.74, 6) is 2.08. The molecule has 3 rings (SSSR count). The number of hydrogen-bond donors (Lipinski definition) is 1. The van der Waals surface area contributed by atoms with E-state index in [1.165, 1.54) is 0 Å². The molecule has 0 radical (unpaired) electrons. The standard InChI is InChI=1S/C16H21N5O2/c1-4-11-8-13(20-23-11)16(22)21-7-5-6-14(21)12-9-15(17-3)19-10(2)18-12/h8-9,14H,4-7H2,1-3H3,(H,17,18,19)/t14-/m0/s1. The summed E-state index contributed by atoms with van der Waals surface area (Å²) in [5, 5.41) is 6.94. The minimum Gasteiger partial charge on any atom is -0.373 e. The lowest BCUT2D eigenvalue weighted by atomic mass is 10.1. The van der Waals surface area contributed by atoms with Crippen molar-refractivity contribution in [2.45, 2.75) is 39.2 Å². The van der Waals surface area contributed by atoms with E-state index in [1.54, 1.807) is 6.07 Å². The molecule has 0 aromatic carbocycles. The second-order valence-corrected chi connectivity index (χ2v) is 5.66. The summed E-state index contributed by atoms with van der Waals surface area (Å²) in [4.78, 5) is 23.4. The van der Waals surface area contributed by atoms with Crippen molar-refractivity contribution in [1.29, 1.82) is 0 Å². The Labute approximate surface area is 135 Å². The van der Waals surface area contributed by atoms with Gasteiger partial charge < -0.3 is 14.7 Å². The summed E-state index contributed by atoms with van der Waals surface area (Å²) in [6.07, 6.45) is 2.57. The molecule has 122 valence electrons. The Morgan fingerprint density at radius 2 is 2.26 bits per heavy atom. The molecule has 0 aliphatic carbocycles. The molecule has 3 heterocycles. The second-order valence-electron chi connectivity index (χ2n) is 5.66. The summed E-state index contributed by atoms with van der Waals surface area (Å²) in [6, 6.07) is 3.59. The van der Waals surface area contributed by atoms with Crippen LogP contribution in [0.15, 0.2) is 16.7 Å². The normalized spacial score (nSPS) is 17.5. The van der Waals surface area contributed by atoms with Gasteiger partial charge in [0, 0.05) is 32.1 Å². The largest absolute Gasteiger partial charge is 0.373 e. The van der Waals surface area contributed by atoms with E-state index in [-0.39, 0.29) is 11.9 Å². The summed E-state index contributed by atoms with van der Waals surface area (Å²) in [5.41, 5.74) is 1.24. The maximum Gasteiger partial charge on any atom is 0.276 e. The van der Waals surface area contributed by atoms with Gasteiger partial charge in [0.1, 0.15) is 17.4 Å². The maximum atomic E-state index is 12.7. The molecule has 23 heavy (non-hydrogen) atoms. The van der Waals surface area contributed by atoms with E-state index < -0.39 is 0 Å². The Balaban J connectivity index is 1.88. The van der Waals surface area contributed by atoms with Crippen molar-refractivity contribution < 1.29 is 9.32 Å². The predicted octanol–water partition coefficient (Wildman–Crippen LogP) is 2.35. The number of nitrogens with zero attached hydrogens (tertiary/aromatic N) is 4. The fourth-order valence-electron chi connectivity index (χ4n) is 2.93. The number of anilines is 1. The van der Waals surface area contributed by atoms with Crippen LogP contribution in [-0.2, 0) is 6.42 Å². The lowest BCUT2D eigenvalue weighted by molar-refractivity contribution is 0.0722. The molecule has 0 bridgehead atoms. The van der Waals surface area contributed by atoms with Crippen molar-refractivity contribution >= 4 is 11.7 Å². The van der Waals surface area contributed by atoms with Crippen molar-refractivity contribution in [1.82, 2.24) is 20.0 Å². The lowest BCUT2D eigenvalue weighted by Crippen LogP contribution is -2.31. The van der Waals surface area contributed by atoms with Gasteiger partial charge in [-0.3, -0.25) is 4.79 Å². The second kappa shape index (κ2) is 6.36. The van der Waals surface area contributed by atoms with Crippen LogP contribution in [0.5, 0.6) is 0 Å². The molecular weight excluding hydrogens is 294 g/mol. The van der Waals surface area contributed by atoms with E-state index in [0.717, 1.165) is 36.5 Å². The zero-order valence-electron chi connectivity index (χ0n) is 13.7. The molecule has 7 nitrogen and oxygen atoms in total. The van der Waals surface area contributed by atoms with Crippen molar-refractivity contribution in [3.05, 3.63) is 35.1 Å². The monoisotopic (exact) mass is 315 g/mol. The van der Waals surface area contributed by atoms with Crippen molar-refractivity contribution in [2.75, 3.05) is 18.9 Å². The van der Waals surface area contributed by atoms with Crippen molar-refractivity contribution in [2.24, 2.45) is 0 Å². The Morgan fingerprint density at radius 1 is 1.43 bits per heavy atom. The Kier molecular flexibility index (Phi) is 4.27. The first kappa shape index (κ1) is 15.5. The highest BCUT2D eigenvalue weighted by Crippen LogP contribution is 2.32. The average molecular weight is 315 g/mol. The molecule has 1 fully saturated rings. The highest BCUT2D eigenvalue weighted by atomic mass is 16.5. The van der Waals surface area contributed by atoms with Gasteiger partial charge >= 0.3 is 0 Å². The molecule has 1 saturated heterocycles. The number of likely N-dealkylation sites (tertiary alicyclic amines) is 1. The van der Waals surface area contributed by atoms with E-state index in [2.05, 4.69) is 20.4 Å². The molecule has 0 saturated carbocycles. The Hall–Kier alpha value is -2.44. The predicted molar refractivity (Wildman–Crippen MR) is 85.2 cm³/mol. The number of rotatable bonds is 4. The third-order valence-electron chi connectivity index (χ3n) is 4.10. The number of aromatic nitrogens is 3. The topological polar surface area (TPSA) is 84.2 Å². The molecule has 1 atom stereocenters. The highest BCUT2D eigenvalue weighted by Gasteiger charge is 2.33. The number of nitrogens with one attached hydrogen (secondary N) is 1. The van der Waals surface area contributed by atoms with Gasteiger partial charge in [0.15, 0.2) is 5.69 Å². The van der Waals surface area contributed by atoms with Gasteiger partial charge in [0.05, 0.1) is 11.7 Å². The van der Waals surface area contributed by atoms with Crippen LogP contribution in [0, 0.1) is 6.92 Å². The van der Waals surface area contributed by atoms with Gasteiger partial charge in [-0.25, -0.2) is 9.97 Å². The van der Waals surface area contributed by atoms with Crippen LogP contribution >= 0.6 is 0 Å². The van der Waals surface area contributed by atoms with Crippen LogP contribution in [0.4, 0.5) is 5.82 Å². The van der Waals surface area contributed by atoms with Gasteiger partial charge in [0.25, 0.3) is 5.91 Å². The maximum absolute atomic E-state index is 12.7. The molecule has 1 amide bonds. The first-order valence-corrected chi connectivity index (χ1v) is 7.92. The molecule has 0 unspecified atom stereocenters. The quantitative estimate of drug-likeness (QED) is 0.932. The van der Waals surface area contributed by atoms with Crippen LogP contribution in [0.25, 0.3) is 0 Å². The highest BCUT2D eigenvalue weighted by molar-refractivity contribution is 5.92. The van der Waals surface area contributed by atoms with E-state index >= 15 is 0 Å². The zero-order chi connectivity index (χ0) is 16.4. The number of carbonyl (C=O) groups is 1. The molecular formula is C16H21N5O2. The smallest absolute Gasteiger partial charge is 0.276 e. The number of carbonyl (C=O) groups excluding carboxylic acids is 1. The molecule has 7 heteroatoms. The Bertz CT molecular complexity index is 712. The number of hydrogen-bond acceptors (Lipinski definition) is 6. The minimum atomic E-state index is -0.0989. The Morgan fingerprint density at radius 3 is 2.96 bits per heavy atom. The van der Waals surface area contributed by atoms with Gasteiger partial charge in [-0.1, -0.05) is 12.1 Å². The van der Waals surface area contributed by atoms with Gasteiger partial charge in [-0.05, 0) is 19.8 Å². The summed E-state index contributed by atoms with van der Waals surface area (Å²) >= 11 is 0. The summed E-state index contributed by atoms with van der Waals surface area (Å²) in [7, 11) is 1.82. The van der Waals surface area contributed by atoms with E-state index in [9.17, 15) is 4.79 Å². The first-order chi connectivity index (χ1) is 11.1. The lowest BCUT2D eigenvalue weighted by Gasteiger charge is -2.23. The third-order valence-corrected chi connectivity index (χ3v) is 4.10. The van der Waals surface area contributed by atoms with Gasteiger partial charge in [0.2, 0.25) is 0 Å². The average Bonchev–Trinajstić information content (AvgIpc) is 3.22. The molecule has 1 aliphatic rings. The molecule has 2 aromatic heterocycles. The SMILES string of the molecule is CCc1cc(C(=O)N2CCC[C@H]2c2cc(NC)nc(C)n2)no1. The fourth-order valence-corrected chi connectivity index (χ4v) is 2.93. The van der Waals surface area contributed by atoms with Crippen molar-refractivity contribution in [3.63, 3.8) is 0 Å². The molecule has 1 N–H and O–H groups in total. The van der Waals surface area contributed by atoms with Gasteiger partial charge in [-0.2, -0.15) is 0 Å². The van der Waals surface area contributed by atoms with Crippen LogP contribution in [-0.4, -0.2) is 39.5 Å². The minimum absolute atomic E-state index is 0.0434. The number of aryl methyl sites for hydroxylation is 2. The fraction of sp³-hybridized carbons (Fsp3) is 0.500. The molecule has 2 aromatic rings. The zero-order valence-corrected chi connectivity index (χ0v) is 13.7. The van der Waals surface area contributed by atoms with Gasteiger partial charge in [-0.15, -0.1) is 0 Å². The van der Waals surface area contributed by atoms with Crippen LogP contribution < -0.4 is 5.32 Å². The van der Waals surface area contributed by atoms with E-state index in [1.807, 2.05) is 31.9 Å². The van der Waals surface area contributed by atoms with E-state index in [0.29, 0.717) is 18.1 Å². The molecule has 1 aliphatic heterocycles. The van der Waals surface area contributed by atoms with Crippen molar-refractivity contribution in [3.8, 4) is 0 Å². The summed E-state index contributed by atoms with van der Waals surface area (Å²) in [6.45, 7) is 4.53. The third kappa shape index (κ3) is 3.04. The van der Waals surface area contributed by atoms with E-state index in [4.69, 9.17) is 4.52 Å². The first-order valence-electron chi connectivity index (χ1n) is 7.92. The molecule has 0 spiro atoms. The number of amides is 1. The van der Waals surface area contributed by atoms with Crippen LogP contribution in [0.3, 0.4) is 0 Å². The summed E-state index contributed by atoms with van der Waals surface area (Å²) < 4.78 is 5.16. The van der Waals surface area contributed by atoms with Crippen LogP contribution in [0.2, 0.25) is 0 Å².